The Morgan fingerprint density at radius 1 is 0.931 bits per heavy atom. The molecule has 3 aromatic carbocycles. The van der Waals surface area contributed by atoms with Crippen LogP contribution in [0.3, 0.4) is 0 Å². The first-order valence-electron chi connectivity index (χ1n) is 9.87. The van der Waals surface area contributed by atoms with E-state index in [9.17, 15) is 9.59 Å². The minimum absolute atomic E-state index is 0.179. The fourth-order valence-electron chi connectivity index (χ4n) is 3.07. The van der Waals surface area contributed by atoms with Gasteiger partial charge in [0.15, 0.2) is 0 Å². The van der Waals surface area contributed by atoms with Gasteiger partial charge < -0.3 is 14.8 Å². The van der Waals surface area contributed by atoms with Crippen molar-refractivity contribution in [3.63, 3.8) is 0 Å². The van der Waals surface area contributed by atoms with Crippen molar-refractivity contribution in [2.24, 2.45) is 5.92 Å². The van der Waals surface area contributed by atoms with E-state index in [0.29, 0.717) is 29.3 Å². The highest BCUT2D eigenvalue weighted by molar-refractivity contribution is 6.05. The minimum Gasteiger partial charge on any atom is -0.493 e. The number of esters is 1. The summed E-state index contributed by atoms with van der Waals surface area (Å²) in [7, 11) is 0. The van der Waals surface area contributed by atoms with Gasteiger partial charge in [0.05, 0.1) is 18.8 Å². The van der Waals surface area contributed by atoms with Crippen LogP contribution in [0.1, 0.15) is 40.5 Å². The van der Waals surface area contributed by atoms with Crippen molar-refractivity contribution in [2.45, 2.75) is 19.8 Å². The van der Waals surface area contributed by atoms with Gasteiger partial charge in [-0.15, -0.1) is 0 Å². The molecular formula is C24H23NO4. The SMILES string of the molecule is CCOC(=O)c1ccc2cc(NC(=O)c3ccc(OCC4CC4)cc3)ccc2c1. The minimum atomic E-state index is -0.337. The largest absolute Gasteiger partial charge is 0.493 e. The molecule has 0 atom stereocenters. The van der Waals surface area contributed by atoms with E-state index in [1.807, 2.05) is 36.4 Å². The van der Waals surface area contributed by atoms with E-state index < -0.39 is 0 Å². The van der Waals surface area contributed by atoms with Gasteiger partial charge in [0.1, 0.15) is 5.75 Å². The second kappa shape index (κ2) is 8.35. The van der Waals surface area contributed by atoms with Crippen LogP contribution in [0.2, 0.25) is 0 Å². The summed E-state index contributed by atoms with van der Waals surface area (Å²) in [5.74, 6) is 0.966. The molecule has 3 aromatic rings. The molecule has 0 unspecified atom stereocenters. The first-order chi connectivity index (χ1) is 14.1. The molecule has 0 spiro atoms. The molecule has 0 aromatic heterocycles. The average molecular weight is 389 g/mol. The summed E-state index contributed by atoms with van der Waals surface area (Å²) in [6, 6.07) is 18.1. The predicted molar refractivity (Wildman–Crippen MR) is 113 cm³/mol. The van der Waals surface area contributed by atoms with Crippen molar-refractivity contribution in [3.05, 3.63) is 71.8 Å². The summed E-state index contributed by atoms with van der Waals surface area (Å²) in [5, 5.41) is 4.75. The molecule has 0 radical (unpaired) electrons. The van der Waals surface area contributed by atoms with Crippen LogP contribution in [0.25, 0.3) is 10.8 Å². The lowest BCUT2D eigenvalue weighted by Crippen LogP contribution is -2.11. The first kappa shape index (κ1) is 19.0. The summed E-state index contributed by atoms with van der Waals surface area (Å²) >= 11 is 0. The molecule has 1 aliphatic carbocycles. The lowest BCUT2D eigenvalue weighted by Gasteiger charge is -2.09. The molecule has 1 amide bonds. The van der Waals surface area contributed by atoms with Gasteiger partial charge in [0.2, 0.25) is 0 Å². The van der Waals surface area contributed by atoms with Crippen LogP contribution in [-0.2, 0) is 4.74 Å². The van der Waals surface area contributed by atoms with Crippen LogP contribution in [-0.4, -0.2) is 25.1 Å². The first-order valence-corrected chi connectivity index (χ1v) is 9.87. The molecule has 4 rings (SSSR count). The van der Waals surface area contributed by atoms with Crippen molar-refractivity contribution >= 4 is 28.3 Å². The molecule has 148 valence electrons. The number of carbonyl (C=O) groups is 2. The zero-order valence-electron chi connectivity index (χ0n) is 16.3. The maximum atomic E-state index is 12.5. The van der Waals surface area contributed by atoms with E-state index in [-0.39, 0.29) is 11.9 Å². The Labute approximate surface area is 169 Å². The molecule has 5 nitrogen and oxygen atoms in total. The maximum absolute atomic E-state index is 12.5. The molecule has 29 heavy (non-hydrogen) atoms. The number of carbonyl (C=O) groups excluding carboxylic acids is 2. The van der Waals surface area contributed by atoms with Gasteiger partial charge in [0.25, 0.3) is 5.91 Å². The van der Waals surface area contributed by atoms with Crippen LogP contribution >= 0.6 is 0 Å². The molecule has 1 N–H and O–H groups in total. The number of ether oxygens (including phenoxy) is 2. The summed E-state index contributed by atoms with van der Waals surface area (Å²) in [4.78, 5) is 24.4. The molecule has 0 heterocycles. The van der Waals surface area contributed by atoms with E-state index in [4.69, 9.17) is 9.47 Å². The zero-order chi connectivity index (χ0) is 20.2. The second-order valence-corrected chi connectivity index (χ2v) is 7.23. The Kier molecular flexibility index (Phi) is 5.47. The van der Waals surface area contributed by atoms with Gasteiger partial charge >= 0.3 is 5.97 Å². The number of benzene rings is 3. The van der Waals surface area contributed by atoms with Gasteiger partial charge in [-0.1, -0.05) is 12.1 Å². The summed E-state index contributed by atoms with van der Waals surface area (Å²) < 4.78 is 10.7. The third-order valence-electron chi connectivity index (χ3n) is 4.91. The van der Waals surface area contributed by atoms with Gasteiger partial charge in [-0.2, -0.15) is 0 Å². The van der Waals surface area contributed by atoms with E-state index in [2.05, 4.69) is 5.32 Å². The quantitative estimate of drug-likeness (QED) is 0.574. The number of amides is 1. The number of nitrogens with one attached hydrogen (secondary N) is 1. The van der Waals surface area contributed by atoms with Crippen LogP contribution in [0.15, 0.2) is 60.7 Å². The molecule has 1 fully saturated rings. The van der Waals surface area contributed by atoms with Crippen molar-refractivity contribution < 1.29 is 19.1 Å². The molecule has 5 heteroatoms. The highest BCUT2D eigenvalue weighted by Crippen LogP contribution is 2.29. The predicted octanol–water partition coefficient (Wildman–Crippen LogP) is 5.06. The number of anilines is 1. The van der Waals surface area contributed by atoms with Crippen molar-refractivity contribution in [1.82, 2.24) is 0 Å². The fraction of sp³-hybridized carbons (Fsp3) is 0.250. The summed E-state index contributed by atoms with van der Waals surface area (Å²) in [5.41, 5.74) is 1.78. The molecule has 1 saturated carbocycles. The Bertz CT molecular complexity index is 1040. The Morgan fingerprint density at radius 2 is 1.62 bits per heavy atom. The topological polar surface area (TPSA) is 64.6 Å². The number of fused-ring (bicyclic) bond motifs is 1. The smallest absolute Gasteiger partial charge is 0.338 e. The van der Waals surface area contributed by atoms with Gasteiger partial charge in [-0.05, 0) is 85.0 Å². The van der Waals surface area contributed by atoms with E-state index in [1.165, 1.54) is 12.8 Å². The molecule has 0 saturated heterocycles. The third-order valence-corrected chi connectivity index (χ3v) is 4.91. The van der Waals surface area contributed by atoms with Crippen LogP contribution in [0.4, 0.5) is 5.69 Å². The van der Waals surface area contributed by atoms with Crippen molar-refractivity contribution in [3.8, 4) is 5.75 Å². The van der Waals surface area contributed by atoms with Gasteiger partial charge in [-0.25, -0.2) is 4.79 Å². The monoisotopic (exact) mass is 389 g/mol. The van der Waals surface area contributed by atoms with Crippen LogP contribution in [0.5, 0.6) is 5.75 Å². The van der Waals surface area contributed by atoms with Crippen molar-refractivity contribution in [1.29, 1.82) is 0 Å². The average Bonchev–Trinajstić information content (AvgIpc) is 3.57. The van der Waals surface area contributed by atoms with E-state index in [0.717, 1.165) is 23.1 Å². The molecule has 0 bridgehead atoms. The highest BCUT2D eigenvalue weighted by Gasteiger charge is 2.21. The Hall–Kier alpha value is -3.34. The molecule has 0 aliphatic heterocycles. The van der Waals surface area contributed by atoms with Crippen LogP contribution in [0, 0.1) is 5.92 Å². The maximum Gasteiger partial charge on any atom is 0.338 e. The van der Waals surface area contributed by atoms with Crippen molar-refractivity contribution in [2.75, 3.05) is 18.5 Å². The van der Waals surface area contributed by atoms with Gasteiger partial charge in [0, 0.05) is 11.3 Å². The van der Waals surface area contributed by atoms with E-state index >= 15 is 0 Å². The Balaban J connectivity index is 1.43. The zero-order valence-corrected chi connectivity index (χ0v) is 16.3. The van der Waals surface area contributed by atoms with Crippen LogP contribution < -0.4 is 10.1 Å². The summed E-state index contributed by atoms with van der Waals surface area (Å²) in [6.45, 7) is 2.87. The lowest BCUT2D eigenvalue weighted by molar-refractivity contribution is 0.0526. The third kappa shape index (κ3) is 4.74. The van der Waals surface area contributed by atoms with Gasteiger partial charge in [-0.3, -0.25) is 4.79 Å². The number of hydrogen-bond acceptors (Lipinski definition) is 4. The Morgan fingerprint density at radius 3 is 2.34 bits per heavy atom. The fourth-order valence-corrected chi connectivity index (χ4v) is 3.07. The second-order valence-electron chi connectivity index (χ2n) is 7.23. The highest BCUT2D eigenvalue weighted by atomic mass is 16.5. The standard InChI is InChI=1S/C24H23NO4/c1-2-28-24(27)20-6-5-19-14-21(10-7-18(19)13-20)25-23(26)17-8-11-22(12-9-17)29-15-16-3-4-16/h5-14,16H,2-4,15H2,1H3,(H,25,26). The summed E-state index contributed by atoms with van der Waals surface area (Å²) in [6.07, 6.45) is 2.49. The molecular weight excluding hydrogens is 366 g/mol. The number of rotatable bonds is 7. The number of hydrogen-bond donors (Lipinski definition) is 1. The lowest BCUT2D eigenvalue weighted by atomic mass is 10.1. The van der Waals surface area contributed by atoms with E-state index in [1.54, 1.807) is 31.2 Å². The molecule has 1 aliphatic rings. The normalized spacial score (nSPS) is 13.1.